The summed E-state index contributed by atoms with van der Waals surface area (Å²) < 4.78 is 9.19. The highest BCUT2D eigenvalue weighted by Gasteiger charge is 2.30. The average Bonchev–Trinajstić information content (AvgIpc) is 2.90. The van der Waals surface area contributed by atoms with Gasteiger partial charge in [-0.3, -0.25) is 0 Å². The summed E-state index contributed by atoms with van der Waals surface area (Å²) in [6.07, 6.45) is 14.5. The molecule has 0 spiro atoms. The predicted octanol–water partition coefficient (Wildman–Crippen LogP) is 4.99. The van der Waals surface area contributed by atoms with Crippen LogP contribution in [0.2, 0.25) is 0 Å². The normalized spacial score (nSPS) is 23.6. The van der Waals surface area contributed by atoms with Crippen LogP contribution in [0.3, 0.4) is 0 Å². The van der Waals surface area contributed by atoms with Crippen LogP contribution in [-0.2, 0) is 17.7 Å². The Labute approximate surface area is 174 Å². The molecule has 1 unspecified atom stereocenters. The van der Waals surface area contributed by atoms with Crippen LogP contribution in [0.1, 0.15) is 73.7 Å². The quantitative estimate of drug-likeness (QED) is 0.739. The van der Waals surface area contributed by atoms with E-state index in [1.807, 2.05) is 0 Å². The van der Waals surface area contributed by atoms with Gasteiger partial charge in [0.2, 0.25) is 0 Å². The first-order valence-corrected chi connectivity index (χ1v) is 11.5. The summed E-state index contributed by atoms with van der Waals surface area (Å²) in [5.41, 5.74) is 5.34. The summed E-state index contributed by atoms with van der Waals surface area (Å²) in [4.78, 5) is 7.60. The van der Waals surface area contributed by atoms with Crippen molar-refractivity contribution in [2.24, 2.45) is 0 Å². The minimum atomic E-state index is -0.0535. The van der Waals surface area contributed by atoms with Crippen molar-refractivity contribution in [1.29, 1.82) is 0 Å². The van der Waals surface area contributed by atoms with Gasteiger partial charge in [-0.2, -0.15) is 0 Å². The molecule has 29 heavy (non-hydrogen) atoms. The molecule has 4 heteroatoms. The second kappa shape index (κ2) is 8.45. The molecule has 0 amide bonds. The van der Waals surface area contributed by atoms with Crippen molar-refractivity contribution >= 4 is 5.57 Å². The molecule has 0 radical (unpaired) electrons. The molecule has 4 nitrogen and oxygen atoms in total. The van der Waals surface area contributed by atoms with Crippen molar-refractivity contribution in [2.45, 2.75) is 70.1 Å². The van der Waals surface area contributed by atoms with Gasteiger partial charge in [0.25, 0.3) is 0 Å². The van der Waals surface area contributed by atoms with Crippen LogP contribution in [0.4, 0.5) is 0 Å². The summed E-state index contributed by atoms with van der Waals surface area (Å²) in [7, 11) is 2.20. The Kier molecular flexibility index (Phi) is 5.56. The van der Waals surface area contributed by atoms with Gasteiger partial charge < -0.3 is 14.2 Å². The van der Waals surface area contributed by atoms with E-state index in [2.05, 4.69) is 53.1 Å². The fraction of sp³-hybridized carbons (Fsp3) is 0.560. The third kappa shape index (κ3) is 4.06. The number of rotatable bonds is 3. The average molecular weight is 392 g/mol. The lowest BCUT2D eigenvalue weighted by Gasteiger charge is -2.32. The molecule has 1 aromatic carbocycles. The smallest absolute Gasteiger partial charge is 0.143 e. The summed E-state index contributed by atoms with van der Waals surface area (Å²) in [5.74, 6) is 1.11. The highest BCUT2D eigenvalue weighted by Crippen LogP contribution is 2.36. The predicted molar refractivity (Wildman–Crippen MR) is 117 cm³/mol. The third-order valence-electron chi connectivity index (χ3n) is 6.87. The maximum Gasteiger partial charge on any atom is 0.143 e. The lowest BCUT2D eigenvalue weighted by Crippen LogP contribution is -2.35. The van der Waals surface area contributed by atoms with Gasteiger partial charge in [0.1, 0.15) is 11.9 Å². The number of aromatic nitrogens is 2. The number of nitrogens with zero attached hydrogens (tertiary/aromatic N) is 3. The topological polar surface area (TPSA) is 30.3 Å². The van der Waals surface area contributed by atoms with E-state index in [1.165, 1.54) is 48.1 Å². The van der Waals surface area contributed by atoms with Gasteiger partial charge in [0.05, 0.1) is 11.8 Å². The van der Waals surface area contributed by atoms with Crippen LogP contribution in [0.15, 0.2) is 36.5 Å². The van der Waals surface area contributed by atoms with Crippen molar-refractivity contribution in [3.8, 4) is 0 Å². The molecule has 1 aliphatic carbocycles. The van der Waals surface area contributed by atoms with Crippen molar-refractivity contribution in [2.75, 3.05) is 20.1 Å². The van der Waals surface area contributed by atoms with E-state index in [4.69, 9.17) is 9.72 Å². The maximum atomic E-state index is 6.81. The van der Waals surface area contributed by atoms with Crippen LogP contribution in [0.5, 0.6) is 0 Å². The summed E-state index contributed by atoms with van der Waals surface area (Å²) in [6, 6.07) is 8.82. The lowest BCUT2D eigenvalue weighted by atomic mass is 9.99. The third-order valence-corrected chi connectivity index (χ3v) is 6.87. The molecule has 5 rings (SSSR count). The van der Waals surface area contributed by atoms with Gasteiger partial charge >= 0.3 is 0 Å². The molecule has 0 bridgehead atoms. The van der Waals surface area contributed by atoms with Crippen molar-refractivity contribution < 1.29 is 4.74 Å². The van der Waals surface area contributed by atoms with E-state index in [1.54, 1.807) is 0 Å². The monoisotopic (exact) mass is 391 g/mol. The Morgan fingerprint density at radius 1 is 1.00 bits per heavy atom. The fourth-order valence-corrected chi connectivity index (χ4v) is 5.07. The van der Waals surface area contributed by atoms with E-state index in [9.17, 15) is 0 Å². The van der Waals surface area contributed by atoms with E-state index >= 15 is 0 Å². The second-order valence-corrected chi connectivity index (χ2v) is 8.97. The molecular weight excluding hydrogens is 358 g/mol. The molecule has 1 atom stereocenters. The first kappa shape index (κ1) is 19.1. The van der Waals surface area contributed by atoms with Crippen molar-refractivity contribution in [3.05, 3.63) is 59.2 Å². The largest absolute Gasteiger partial charge is 0.362 e. The first-order chi connectivity index (χ1) is 14.3. The summed E-state index contributed by atoms with van der Waals surface area (Å²) in [6.45, 7) is 3.22. The highest BCUT2D eigenvalue weighted by atomic mass is 16.5. The molecule has 2 aliphatic heterocycles. The zero-order valence-corrected chi connectivity index (χ0v) is 17.6. The molecule has 0 saturated carbocycles. The van der Waals surface area contributed by atoms with Gasteiger partial charge in [-0.1, -0.05) is 36.8 Å². The standard InChI is InChI=1S/C25H33N3O/c1-27-15-13-21(14-16-27)29-24-22-11-7-6-8-19(22)12-17-28-18-23(26-25(24)28)20-9-4-2-3-5-10-20/h6-9,11,18,21,24H,2-5,10,12-17H2,1H3. The van der Waals surface area contributed by atoms with Crippen LogP contribution in [-0.4, -0.2) is 40.7 Å². The highest BCUT2D eigenvalue weighted by molar-refractivity contribution is 5.62. The summed E-state index contributed by atoms with van der Waals surface area (Å²) >= 11 is 0. The number of hydrogen-bond donors (Lipinski definition) is 0. The Bertz CT molecular complexity index is 876. The van der Waals surface area contributed by atoms with E-state index in [0.29, 0.717) is 6.10 Å². The minimum Gasteiger partial charge on any atom is -0.362 e. The van der Waals surface area contributed by atoms with E-state index in [-0.39, 0.29) is 6.10 Å². The lowest BCUT2D eigenvalue weighted by molar-refractivity contribution is -0.0275. The van der Waals surface area contributed by atoms with E-state index < -0.39 is 0 Å². The second-order valence-electron chi connectivity index (χ2n) is 8.97. The Morgan fingerprint density at radius 3 is 2.76 bits per heavy atom. The number of piperidine rings is 1. The maximum absolute atomic E-state index is 6.81. The Hall–Kier alpha value is -1.91. The SMILES string of the molecule is CN1CCC(OC2c3ccccc3CCn3cc(C4=CCCCCC4)nc32)CC1. The zero-order chi connectivity index (χ0) is 19.6. The van der Waals surface area contributed by atoms with Gasteiger partial charge in [-0.25, -0.2) is 4.98 Å². The van der Waals surface area contributed by atoms with Crippen molar-refractivity contribution in [3.63, 3.8) is 0 Å². The van der Waals surface area contributed by atoms with Gasteiger partial charge in [0, 0.05) is 25.8 Å². The molecule has 3 aliphatic rings. The Balaban J connectivity index is 1.49. The molecule has 3 heterocycles. The molecule has 1 aromatic heterocycles. The number of likely N-dealkylation sites (tertiary alicyclic amines) is 1. The molecule has 1 fully saturated rings. The molecule has 1 saturated heterocycles. The number of aryl methyl sites for hydroxylation is 2. The number of allylic oxidation sites excluding steroid dienone is 2. The molecular formula is C25H33N3O. The van der Waals surface area contributed by atoms with E-state index in [0.717, 1.165) is 51.1 Å². The van der Waals surface area contributed by atoms with Gasteiger partial charge in [-0.05, 0) is 68.7 Å². The van der Waals surface area contributed by atoms with Gasteiger partial charge in [-0.15, -0.1) is 0 Å². The first-order valence-electron chi connectivity index (χ1n) is 11.5. The number of fused-ring (bicyclic) bond motifs is 2. The minimum absolute atomic E-state index is 0.0535. The molecule has 0 N–H and O–H groups in total. The van der Waals surface area contributed by atoms with Gasteiger partial charge in [0.15, 0.2) is 0 Å². The van der Waals surface area contributed by atoms with Crippen LogP contribution in [0.25, 0.3) is 5.57 Å². The molecule has 2 aromatic rings. The Morgan fingerprint density at radius 2 is 1.86 bits per heavy atom. The van der Waals surface area contributed by atoms with Crippen LogP contribution < -0.4 is 0 Å². The van der Waals surface area contributed by atoms with Crippen LogP contribution >= 0.6 is 0 Å². The van der Waals surface area contributed by atoms with Crippen molar-refractivity contribution in [1.82, 2.24) is 14.5 Å². The number of ether oxygens (including phenoxy) is 1. The summed E-state index contributed by atoms with van der Waals surface area (Å²) in [5, 5.41) is 0. The van der Waals surface area contributed by atoms with Crippen LogP contribution in [0, 0.1) is 0 Å². The zero-order valence-electron chi connectivity index (χ0n) is 17.6. The number of imidazole rings is 1. The molecule has 154 valence electrons. The number of hydrogen-bond acceptors (Lipinski definition) is 3. The fourth-order valence-electron chi connectivity index (χ4n) is 5.07. The number of benzene rings is 1.